The lowest BCUT2D eigenvalue weighted by Gasteiger charge is -2.32. The summed E-state index contributed by atoms with van der Waals surface area (Å²) in [6, 6.07) is 0. The van der Waals surface area contributed by atoms with Gasteiger partial charge in [0.05, 0.1) is 0 Å². The predicted molar refractivity (Wildman–Crippen MR) is 105 cm³/mol. The lowest BCUT2D eigenvalue weighted by Crippen LogP contribution is -2.19. The number of hydrogen-bond donors (Lipinski definition) is 0. The first-order valence-electron chi connectivity index (χ1n) is 8.76. The van der Waals surface area contributed by atoms with Crippen LogP contribution in [0.3, 0.4) is 0 Å². The fourth-order valence-electron chi connectivity index (χ4n) is 3.00. The van der Waals surface area contributed by atoms with Crippen LogP contribution in [-0.4, -0.2) is 24.9 Å². The van der Waals surface area contributed by atoms with Crippen LogP contribution in [0.5, 0.6) is 0 Å². The van der Waals surface area contributed by atoms with Crippen molar-refractivity contribution in [2.45, 2.75) is 53.9 Å². The topological polar surface area (TPSA) is 20.3 Å². The third kappa shape index (κ3) is 6.35. The molecule has 0 aromatic heterocycles. The summed E-state index contributed by atoms with van der Waals surface area (Å²) in [5.41, 5.74) is 5.44. The third-order valence-electron chi connectivity index (χ3n) is 4.57. The van der Waals surface area contributed by atoms with E-state index in [4.69, 9.17) is 0 Å². The predicted octanol–water partition coefficient (Wildman–Crippen LogP) is 5.61. The maximum Gasteiger partial charge on any atom is 0.246 e. The summed E-state index contributed by atoms with van der Waals surface area (Å²) in [5.74, 6) is 0.0136. The Kier molecular flexibility index (Phi) is 7.47. The number of allylic oxidation sites excluding steroid dienone is 9. The van der Waals surface area contributed by atoms with Crippen molar-refractivity contribution in [3.63, 3.8) is 0 Å². The molecule has 0 spiro atoms. The van der Waals surface area contributed by atoms with Gasteiger partial charge in [-0.2, -0.15) is 0 Å². The largest absolute Gasteiger partial charge is 0.345 e. The number of hydrogen-bond acceptors (Lipinski definition) is 1. The van der Waals surface area contributed by atoms with E-state index in [-0.39, 0.29) is 11.3 Å². The second-order valence-electron chi connectivity index (χ2n) is 7.66. The molecule has 2 nitrogen and oxygen atoms in total. The quantitative estimate of drug-likeness (QED) is 0.475. The van der Waals surface area contributed by atoms with Crippen LogP contribution in [0.25, 0.3) is 0 Å². The van der Waals surface area contributed by atoms with Crippen molar-refractivity contribution in [3.8, 4) is 0 Å². The molecular weight excluding hydrogens is 294 g/mol. The fourth-order valence-corrected chi connectivity index (χ4v) is 3.00. The van der Waals surface area contributed by atoms with E-state index in [2.05, 4.69) is 45.9 Å². The number of likely N-dealkylation sites (N-methyl/N-ethyl adjacent to an activating group) is 1. The Morgan fingerprint density at radius 3 is 2.38 bits per heavy atom. The summed E-state index contributed by atoms with van der Waals surface area (Å²) in [4.78, 5) is 13.2. The van der Waals surface area contributed by atoms with Crippen LogP contribution in [0.15, 0.2) is 58.7 Å². The molecule has 0 heterocycles. The molecule has 1 aliphatic carbocycles. The van der Waals surface area contributed by atoms with E-state index in [0.717, 1.165) is 5.57 Å². The van der Waals surface area contributed by atoms with Crippen LogP contribution >= 0.6 is 0 Å². The molecule has 0 atom stereocenters. The Labute approximate surface area is 148 Å². The average molecular weight is 328 g/mol. The third-order valence-corrected chi connectivity index (χ3v) is 4.57. The zero-order valence-corrected chi connectivity index (χ0v) is 16.4. The van der Waals surface area contributed by atoms with E-state index in [1.807, 2.05) is 19.1 Å². The molecule has 0 aromatic carbocycles. The van der Waals surface area contributed by atoms with Gasteiger partial charge in [0.15, 0.2) is 0 Å². The van der Waals surface area contributed by atoms with Gasteiger partial charge < -0.3 is 4.90 Å². The first kappa shape index (κ1) is 20.2. The molecule has 0 aromatic rings. The number of carbonyl (C=O) groups is 1. The van der Waals surface area contributed by atoms with Gasteiger partial charge in [-0.15, -0.1) is 0 Å². The van der Waals surface area contributed by atoms with Crippen LogP contribution in [0.2, 0.25) is 0 Å². The average Bonchev–Trinajstić information content (AvgIpc) is 2.45. The normalized spacial score (nSPS) is 19.5. The lowest BCUT2D eigenvalue weighted by atomic mass is 9.72. The van der Waals surface area contributed by atoms with E-state index < -0.39 is 0 Å². The van der Waals surface area contributed by atoms with Crippen LogP contribution in [0.4, 0.5) is 0 Å². The standard InChI is InChI=1S/C22H33NO/c1-17(10-8-11-18(2)16-21(24)23(6)7)13-14-20-19(3)12-9-15-22(20,4)5/h8,10-11,13-14,16H,9,12,15H2,1-7H3. The second-order valence-corrected chi connectivity index (χ2v) is 7.66. The number of nitrogens with zero attached hydrogens (tertiary/aromatic N) is 1. The molecule has 132 valence electrons. The Morgan fingerprint density at radius 1 is 1.12 bits per heavy atom. The van der Waals surface area contributed by atoms with E-state index >= 15 is 0 Å². The zero-order valence-electron chi connectivity index (χ0n) is 16.4. The Hall–Kier alpha value is -1.83. The minimum atomic E-state index is 0.0136. The summed E-state index contributed by atoms with van der Waals surface area (Å²) in [7, 11) is 3.52. The first-order chi connectivity index (χ1) is 11.1. The highest BCUT2D eigenvalue weighted by Crippen LogP contribution is 2.40. The van der Waals surface area contributed by atoms with Crippen molar-refractivity contribution < 1.29 is 4.79 Å². The molecule has 0 fully saturated rings. The second kappa shape index (κ2) is 8.86. The first-order valence-corrected chi connectivity index (χ1v) is 8.76. The van der Waals surface area contributed by atoms with Gasteiger partial charge in [-0.1, -0.05) is 55.4 Å². The van der Waals surface area contributed by atoms with Gasteiger partial charge in [0.2, 0.25) is 5.91 Å². The molecular formula is C22H33NO. The molecule has 2 heteroatoms. The van der Waals surface area contributed by atoms with Crippen molar-refractivity contribution in [1.29, 1.82) is 0 Å². The molecule has 0 radical (unpaired) electrons. The van der Waals surface area contributed by atoms with Crippen LogP contribution in [0, 0.1) is 5.41 Å². The molecule has 1 amide bonds. The number of carbonyl (C=O) groups excluding carboxylic acids is 1. The Bertz CT molecular complexity index is 610. The van der Waals surface area contributed by atoms with Crippen LogP contribution in [0.1, 0.15) is 53.9 Å². The van der Waals surface area contributed by atoms with Crippen molar-refractivity contribution in [2.75, 3.05) is 14.1 Å². The van der Waals surface area contributed by atoms with Gasteiger partial charge in [0.25, 0.3) is 0 Å². The maximum atomic E-state index is 11.6. The molecule has 24 heavy (non-hydrogen) atoms. The van der Waals surface area contributed by atoms with Crippen LogP contribution in [-0.2, 0) is 4.79 Å². The molecule has 0 saturated carbocycles. The highest BCUT2D eigenvalue weighted by Gasteiger charge is 2.26. The van der Waals surface area contributed by atoms with Crippen molar-refractivity contribution in [1.82, 2.24) is 4.90 Å². The SMILES string of the molecule is CC(C=CC1=C(C)CCCC1(C)C)=CC=CC(C)=CC(=O)N(C)C. The molecule has 0 aliphatic heterocycles. The number of amides is 1. The van der Waals surface area contributed by atoms with Gasteiger partial charge in [-0.25, -0.2) is 0 Å². The fraction of sp³-hybridized carbons (Fsp3) is 0.500. The van der Waals surface area contributed by atoms with Gasteiger partial charge >= 0.3 is 0 Å². The molecule has 0 N–H and O–H groups in total. The van der Waals surface area contributed by atoms with Crippen LogP contribution < -0.4 is 0 Å². The maximum absolute atomic E-state index is 11.6. The molecule has 0 saturated heterocycles. The van der Waals surface area contributed by atoms with Gasteiger partial charge in [0.1, 0.15) is 0 Å². The summed E-state index contributed by atoms with van der Waals surface area (Å²) < 4.78 is 0. The van der Waals surface area contributed by atoms with Gasteiger partial charge in [-0.05, 0) is 56.6 Å². The summed E-state index contributed by atoms with van der Waals surface area (Å²) in [6.45, 7) is 11.0. The summed E-state index contributed by atoms with van der Waals surface area (Å²) >= 11 is 0. The van der Waals surface area contributed by atoms with Gasteiger partial charge in [0, 0.05) is 20.2 Å². The van der Waals surface area contributed by atoms with Crippen molar-refractivity contribution in [3.05, 3.63) is 58.7 Å². The Morgan fingerprint density at radius 2 is 1.79 bits per heavy atom. The smallest absolute Gasteiger partial charge is 0.246 e. The minimum Gasteiger partial charge on any atom is -0.345 e. The van der Waals surface area contributed by atoms with Crippen molar-refractivity contribution in [2.24, 2.45) is 5.41 Å². The van der Waals surface area contributed by atoms with Gasteiger partial charge in [-0.3, -0.25) is 4.79 Å². The zero-order chi connectivity index (χ0) is 18.3. The van der Waals surface area contributed by atoms with E-state index in [1.54, 1.807) is 25.1 Å². The molecule has 0 unspecified atom stereocenters. The van der Waals surface area contributed by atoms with E-state index in [1.165, 1.54) is 36.0 Å². The summed E-state index contributed by atoms with van der Waals surface area (Å²) in [5, 5.41) is 0. The minimum absolute atomic E-state index is 0.0136. The Balaban J connectivity index is 2.77. The van der Waals surface area contributed by atoms with E-state index in [0.29, 0.717) is 0 Å². The van der Waals surface area contributed by atoms with E-state index in [9.17, 15) is 4.79 Å². The molecule has 1 rings (SSSR count). The highest BCUT2D eigenvalue weighted by atomic mass is 16.2. The lowest BCUT2D eigenvalue weighted by molar-refractivity contribution is -0.123. The molecule has 1 aliphatic rings. The summed E-state index contributed by atoms with van der Waals surface area (Å²) in [6.07, 6.45) is 16.0. The van der Waals surface area contributed by atoms with Crippen molar-refractivity contribution >= 4 is 5.91 Å². The number of rotatable bonds is 5. The molecule has 0 bridgehead atoms. The monoisotopic (exact) mass is 327 g/mol. The highest BCUT2D eigenvalue weighted by molar-refractivity contribution is 5.88.